The van der Waals surface area contributed by atoms with Gasteiger partial charge in [0.2, 0.25) is 0 Å². The van der Waals surface area contributed by atoms with E-state index in [1.54, 1.807) is 0 Å². The average Bonchev–Trinajstić information content (AvgIpc) is 3.43. The lowest BCUT2D eigenvalue weighted by molar-refractivity contribution is 0.181. The molecule has 0 N–H and O–H groups in total. The third kappa shape index (κ3) is 5.06. The fraction of sp³-hybridized carbons (Fsp3) is 0.636. The largest absolute Gasteiger partial charge is 0.365 e. The smallest absolute Gasteiger partial charge is 0.136 e. The van der Waals surface area contributed by atoms with E-state index in [9.17, 15) is 4.39 Å². The molecular formula is C33H44ClFN6. The van der Waals surface area contributed by atoms with Gasteiger partial charge in [0.25, 0.3) is 0 Å². The molecule has 0 amide bonds. The Bertz CT molecular complexity index is 1340. The van der Waals surface area contributed by atoms with Crippen LogP contribution in [0.25, 0.3) is 5.03 Å². The summed E-state index contributed by atoms with van der Waals surface area (Å²) in [6, 6.07) is 6.28. The number of rotatable bonds is 5. The summed E-state index contributed by atoms with van der Waals surface area (Å²) in [4.78, 5) is 20.6. The van der Waals surface area contributed by atoms with Crippen LogP contribution in [0.15, 0.2) is 24.0 Å². The van der Waals surface area contributed by atoms with Crippen LogP contribution in [-0.2, 0) is 25.8 Å². The fourth-order valence-electron chi connectivity index (χ4n) is 8.55. The zero-order valence-electron chi connectivity index (χ0n) is 24.9. The van der Waals surface area contributed by atoms with E-state index in [0.717, 1.165) is 98.0 Å². The molecule has 2 unspecified atom stereocenters. The van der Waals surface area contributed by atoms with Gasteiger partial charge in [-0.15, -0.1) is 0 Å². The summed E-state index contributed by atoms with van der Waals surface area (Å²) in [6.07, 6.45) is 6.63. The zero-order valence-corrected chi connectivity index (χ0v) is 25.7. The van der Waals surface area contributed by atoms with Crippen LogP contribution in [0.1, 0.15) is 67.7 Å². The quantitative estimate of drug-likeness (QED) is 0.455. The molecule has 5 aliphatic rings. The molecule has 2 aromatic rings. The molecule has 3 saturated heterocycles. The van der Waals surface area contributed by atoms with Gasteiger partial charge in [-0.25, -0.2) is 14.4 Å². The second-order valence-corrected chi connectivity index (χ2v) is 14.0. The monoisotopic (exact) mass is 578 g/mol. The number of aromatic nitrogens is 2. The van der Waals surface area contributed by atoms with Crippen LogP contribution in [0, 0.1) is 11.8 Å². The predicted octanol–water partition coefficient (Wildman–Crippen LogP) is 5.67. The Hall–Kier alpha value is -2.22. The normalized spacial score (nSPS) is 28.7. The Morgan fingerprint density at radius 1 is 0.951 bits per heavy atom. The Balaban J connectivity index is 1.21. The van der Waals surface area contributed by atoms with E-state index in [4.69, 9.17) is 21.6 Å². The molecule has 41 heavy (non-hydrogen) atoms. The van der Waals surface area contributed by atoms with Crippen molar-refractivity contribution in [1.82, 2.24) is 19.8 Å². The Kier molecular flexibility index (Phi) is 7.27. The number of benzene rings is 1. The molecule has 1 aromatic heterocycles. The molecule has 220 valence electrons. The van der Waals surface area contributed by atoms with Crippen molar-refractivity contribution in [2.24, 2.45) is 11.8 Å². The van der Waals surface area contributed by atoms with E-state index in [1.807, 2.05) is 0 Å². The maximum Gasteiger partial charge on any atom is 0.136 e. The van der Waals surface area contributed by atoms with Gasteiger partial charge >= 0.3 is 0 Å². The molecule has 5 heterocycles. The van der Waals surface area contributed by atoms with Crippen molar-refractivity contribution in [2.45, 2.75) is 70.9 Å². The highest BCUT2D eigenvalue weighted by molar-refractivity contribution is 6.50. The maximum atomic E-state index is 14.6. The van der Waals surface area contributed by atoms with Gasteiger partial charge in [0.1, 0.15) is 17.5 Å². The SMILES string of the molecule is CC1CN2CC(C)CC2(CCc2nc3c(c(N4CCN(C)CC4)n2)CCN(c2cccc4c2C(Cl)=C(F)CC4)C3)C1. The molecule has 4 aliphatic heterocycles. The minimum absolute atomic E-state index is 0.193. The topological polar surface area (TPSA) is 38.7 Å². The highest BCUT2D eigenvalue weighted by Crippen LogP contribution is 2.46. The number of hydrogen-bond acceptors (Lipinski definition) is 6. The van der Waals surface area contributed by atoms with Crippen LogP contribution in [-0.4, -0.2) is 78.2 Å². The molecule has 8 heteroatoms. The van der Waals surface area contributed by atoms with Crippen LogP contribution in [0.3, 0.4) is 0 Å². The Labute approximate surface area is 249 Å². The molecular weight excluding hydrogens is 535 g/mol. The van der Waals surface area contributed by atoms with Crippen LogP contribution in [0.4, 0.5) is 15.9 Å². The number of anilines is 2. The predicted molar refractivity (Wildman–Crippen MR) is 165 cm³/mol. The minimum atomic E-state index is -0.193. The van der Waals surface area contributed by atoms with Gasteiger partial charge in [-0.05, 0) is 62.6 Å². The lowest BCUT2D eigenvalue weighted by atomic mass is 9.84. The third-order valence-electron chi connectivity index (χ3n) is 10.4. The molecule has 3 fully saturated rings. The van der Waals surface area contributed by atoms with Crippen LogP contribution < -0.4 is 9.80 Å². The second kappa shape index (κ2) is 10.8. The van der Waals surface area contributed by atoms with Crippen molar-refractivity contribution in [3.05, 3.63) is 52.2 Å². The van der Waals surface area contributed by atoms with E-state index >= 15 is 0 Å². The summed E-state index contributed by atoms with van der Waals surface area (Å²) < 4.78 is 14.6. The van der Waals surface area contributed by atoms with Gasteiger partial charge in [0.15, 0.2) is 0 Å². The van der Waals surface area contributed by atoms with Gasteiger partial charge in [0, 0.05) is 81.0 Å². The number of halogens is 2. The highest BCUT2D eigenvalue weighted by Gasteiger charge is 2.49. The van der Waals surface area contributed by atoms with Gasteiger partial charge in [0.05, 0.1) is 17.3 Å². The number of likely N-dealkylation sites (N-methyl/N-ethyl adjacent to an activating group) is 1. The summed E-state index contributed by atoms with van der Waals surface area (Å²) in [5.74, 6) is 3.49. The summed E-state index contributed by atoms with van der Waals surface area (Å²) >= 11 is 6.59. The first-order valence-corrected chi connectivity index (χ1v) is 16.2. The summed E-state index contributed by atoms with van der Waals surface area (Å²) in [7, 11) is 2.20. The number of hydrogen-bond donors (Lipinski definition) is 0. The van der Waals surface area contributed by atoms with E-state index < -0.39 is 0 Å². The number of nitrogens with zero attached hydrogens (tertiary/aromatic N) is 6. The first kappa shape index (κ1) is 27.6. The van der Waals surface area contributed by atoms with Crippen molar-refractivity contribution in [2.75, 3.05) is 62.7 Å². The molecule has 0 spiro atoms. The lowest BCUT2D eigenvalue weighted by Crippen LogP contribution is -2.46. The summed E-state index contributed by atoms with van der Waals surface area (Å²) in [5, 5.41) is 0.287. The molecule has 6 nitrogen and oxygen atoms in total. The average molecular weight is 579 g/mol. The van der Waals surface area contributed by atoms with Gasteiger partial charge in [-0.1, -0.05) is 37.6 Å². The molecule has 0 radical (unpaired) electrons. The Morgan fingerprint density at radius 3 is 2.46 bits per heavy atom. The van der Waals surface area contributed by atoms with Gasteiger partial charge < -0.3 is 14.7 Å². The third-order valence-corrected chi connectivity index (χ3v) is 10.8. The van der Waals surface area contributed by atoms with Gasteiger partial charge in [-0.3, -0.25) is 4.90 Å². The van der Waals surface area contributed by atoms with E-state index in [1.165, 1.54) is 31.5 Å². The molecule has 1 aromatic carbocycles. The summed E-state index contributed by atoms with van der Waals surface area (Å²) in [6.45, 7) is 13.0. The maximum absolute atomic E-state index is 14.6. The standard InChI is InChI=1S/C33H44ClFN6/c1-22-17-33(18-23(2)20-41(33)19-22)11-9-29-36-27-21-40(28-6-4-5-24-7-8-26(35)31(34)30(24)28)12-10-25(27)32(37-29)39-15-13-38(3)14-16-39/h4-6,22-23H,7-21H2,1-3H3. The van der Waals surface area contributed by atoms with Crippen molar-refractivity contribution in [3.8, 4) is 0 Å². The lowest BCUT2D eigenvalue weighted by Gasteiger charge is -2.38. The molecule has 0 saturated carbocycles. The number of fused-ring (bicyclic) bond motifs is 3. The molecule has 1 aliphatic carbocycles. The minimum Gasteiger partial charge on any atom is -0.365 e. The van der Waals surface area contributed by atoms with Crippen molar-refractivity contribution in [1.29, 1.82) is 0 Å². The molecule has 7 rings (SSSR count). The van der Waals surface area contributed by atoms with Crippen LogP contribution in [0.2, 0.25) is 0 Å². The number of allylic oxidation sites excluding steroid dienone is 1. The highest BCUT2D eigenvalue weighted by atomic mass is 35.5. The second-order valence-electron chi connectivity index (χ2n) is 13.6. The first-order chi connectivity index (χ1) is 19.8. The molecule has 2 atom stereocenters. The first-order valence-electron chi connectivity index (χ1n) is 15.8. The zero-order chi connectivity index (χ0) is 28.3. The van der Waals surface area contributed by atoms with Crippen molar-refractivity contribution in [3.63, 3.8) is 0 Å². The number of piperazine rings is 1. The van der Waals surface area contributed by atoms with Crippen molar-refractivity contribution >= 4 is 28.1 Å². The van der Waals surface area contributed by atoms with Gasteiger partial charge in [-0.2, -0.15) is 0 Å². The van der Waals surface area contributed by atoms with Crippen molar-refractivity contribution < 1.29 is 4.39 Å². The van der Waals surface area contributed by atoms with E-state index in [2.05, 4.69) is 58.7 Å². The van der Waals surface area contributed by atoms with Crippen LogP contribution >= 0.6 is 11.6 Å². The van der Waals surface area contributed by atoms with Crippen LogP contribution in [0.5, 0.6) is 0 Å². The molecule has 0 bridgehead atoms. The van der Waals surface area contributed by atoms with E-state index in [-0.39, 0.29) is 10.9 Å². The summed E-state index contributed by atoms with van der Waals surface area (Å²) in [5.41, 5.74) is 5.80. The Morgan fingerprint density at radius 2 is 1.71 bits per heavy atom. The van der Waals surface area contributed by atoms with E-state index in [0.29, 0.717) is 24.9 Å². The number of aryl methyl sites for hydroxylation is 2. The fourth-order valence-corrected chi connectivity index (χ4v) is 8.86.